The molecule has 1 saturated heterocycles. The minimum atomic E-state index is -4.61. The minimum Gasteiger partial charge on any atom is -0.341 e. The lowest BCUT2D eigenvalue weighted by atomic mass is 10.1. The van der Waals surface area contributed by atoms with E-state index in [4.69, 9.17) is 5.73 Å². The van der Waals surface area contributed by atoms with Crippen molar-refractivity contribution in [3.63, 3.8) is 0 Å². The molecule has 0 radical (unpaired) electrons. The highest BCUT2D eigenvalue weighted by Gasteiger charge is 2.38. The van der Waals surface area contributed by atoms with Gasteiger partial charge < -0.3 is 10.6 Å². The van der Waals surface area contributed by atoms with E-state index in [1.54, 1.807) is 0 Å². The van der Waals surface area contributed by atoms with E-state index in [2.05, 4.69) is 0 Å². The lowest BCUT2D eigenvalue weighted by molar-refractivity contribution is -0.127. The van der Waals surface area contributed by atoms with Gasteiger partial charge in [-0.05, 0) is 12.8 Å². The second-order valence-corrected chi connectivity index (χ2v) is 5.72. The van der Waals surface area contributed by atoms with Gasteiger partial charge in [-0.1, -0.05) is 6.92 Å². The van der Waals surface area contributed by atoms with Crippen LogP contribution in [-0.4, -0.2) is 43.6 Å². The Morgan fingerprint density at radius 2 is 2.25 bits per heavy atom. The molecular weight excluding hydrogens is 235 g/mol. The van der Waals surface area contributed by atoms with Gasteiger partial charge in [-0.3, -0.25) is 4.79 Å². The Labute approximate surface area is 95.0 Å². The van der Waals surface area contributed by atoms with Gasteiger partial charge in [-0.2, -0.15) is 8.42 Å². The maximum atomic E-state index is 12.7. The molecule has 2 atom stereocenters. The van der Waals surface area contributed by atoms with E-state index in [0.29, 0.717) is 13.0 Å². The number of hydrogen-bond acceptors (Lipinski definition) is 4. The Kier molecular flexibility index (Phi) is 4.26. The van der Waals surface area contributed by atoms with Crippen molar-refractivity contribution in [2.24, 2.45) is 5.73 Å². The topological polar surface area (TPSA) is 80.5 Å². The summed E-state index contributed by atoms with van der Waals surface area (Å²) in [5.41, 5.74) is 5.69. The smallest absolute Gasteiger partial charge is 0.307 e. The van der Waals surface area contributed by atoms with Crippen molar-refractivity contribution < 1.29 is 17.1 Å². The number of nitrogens with two attached hydrogens (primary N) is 1. The molecule has 5 nitrogen and oxygen atoms in total. The summed E-state index contributed by atoms with van der Waals surface area (Å²) in [7, 11) is -4.61. The molecule has 2 unspecified atom stereocenters. The molecular formula is C9H17FN2O3S. The molecule has 0 aromatic heterocycles. The van der Waals surface area contributed by atoms with E-state index in [-0.39, 0.29) is 24.9 Å². The highest BCUT2D eigenvalue weighted by atomic mass is 32.3. The Bertz CT molecular complexity index is 358. The van der Waals surface area contributed by atoms with E-state index >= 15 is 0 Å². The summed E-state index contributed by atoms with van der Waals surface area (Å²) in [4.78, 5) is 12.8. The van der Waals surface area contributed by atoms with Crippen molar-refractivity contribution in [3.8, 4) is 0 Å². The molecule has 1 aliphatic rings. The third kappa shape index (κ3) is 3.41. The molecule has 16 heavy (non-hydrogen) atoms. The summed E-state index contributed by atoms with van der Waals surface area (Å²) < 4.78 is 34.0. The fourth-order valence-corrected chi connectivity index (χ4v) is 2.37. The van der Waals surface area contributed by atoms with E-state index in [1.165, 1.54) is 4.90 Å². The number of halogens is 1. The molecule has 7 heteroatoms. The summed E-state index contributed by atoms with van der Waals surface area (Å²) in [6.45, 7) is 2.29. The van der Waals surface area contributed by atoms with Crippen molar-refractivity contribution in [2.75, 3.05) is 13.1 Å². The molecule has 0 saturated carbocycles. The van der Waals surface area contributed by atoms with Gasteiger partial charge in [0.05, 0.1) is 0 Å². The van der Waals surface area contributed by atoms with Crippen LogP contribution < -0.4 is 5.73 Å². The SMILES string of the molecule is CCC(N)CCN1CC(S(=O)(=O)F)CC1=O. The Balaban J connectivity index is 2.49. The van der Waals surface area contributed by atoms with Gasteiger partial charge in [-0.15, -0.1) is 3.89 Å². The number of rotatable bonds is 5. The highest BCUT2D eigenvalue weighted by Crippen LogP contribution is 2.19. The monoisotopic (exact) mass is 252 g/mol. The Hall–Kier alpha value is -0.690. The third-order valence-corrected chi connectivity index (χ3v) is 3.98. The van der Waals surface area contributed by atoms with Crippen LogP contribution in [0.15, 0.2) is 0 Å². The number of hydrogen-bond donors (Lipinski definition) is 1. The van der Waals surface area contributed by atoms with Gasteiger partial charge in [0, 0.05) is 25.6 Å². The fourth-order valence-electron chi connectivity index (χ4n) is 1.67. The zero-order chi connectivity index (χ0) is 12.3. The summed E-state index contributed by atoms with van der Waals surface area (Å²) in [5.74, 6) is -0.311. The third-order valence-electron chi connectivity index (χ3n) is 2.87. The molecule has 1 heterocycles. The molecule has 1 amide bonds. The van der Waals surface area contributed by atoms with Crippen LogP contribution in [0.2, 0.25) is 0 Å². The summed E-state index contributed by atoms with van der Waals surface area (Å²) >= 11 is 0. The van der Waals surface area contributed by atoms with Crippen molar-refractivity contribution >= 4 is 16.1 Å². The molecule has 0 spiro atoms. The molecule has 1 aliphatic heterocycles. The number of amides is 1. The van der Waals surface area contributed by atoms with Crippen LogP contribution in [0, 0.1) is 0 Å². The van der Waals surface area contributed by atoms with Crippen LogP contribution in [0.5, 0.6) is 0 Å². The first-order valence-corrected chi connectivity index (χ1v) is 6.76. The summed E-state index contributed by atoms with van der Waals surface area (Å²) in [6, 6.07) is -0.00571. The van der Waals surface area contributed by atoms with Crippen LogP contribution in [0.3, 0.4) is 0 Å². The van der Waals surface area contributed by atoms with Crippen LogP contribution in [-0.2, 0) is 15.0 Å². The lowest BCUT2D eigenvalue weighted by Gasteiger charge is -2.18. The maximum absolute atomic E-state index is 12.7. The predicted molar refractivity (Wildman–Crippen MR) is 57.9 cm³/mol. The van der Waals surface area contributed by atoms with Gasteiger partial charge in [-0.25, -0.2) is 0 Å². The standard InChI is InChI=1S/C9H17FN2O3S/c1-2-7(11)3-4-12-6-8(5-9(12)13)16(10,14)15/h7-8H,2-6,11H2,1H3. The molecule has 2 N–H and O–H groups in total. The van der Waals surface area contributed by atoms with Gasteiger partial charge in [0.15, 0.2) is 0 Å². The average Bonchev–Trinajstić information content (AvgIpc) is 2.56. The number of likely N-dealkylation sites (tertiary alicyclic amines) is 1. The highest BCUT2D eigenvalue weighted by molar-refractivity contribution is 7.87. The van der Waals surface area contributed by atoms with Crippen LogP contribution in [0.25, 0.3) is 0 Å². The Morgan fingerprint density at radius 3 is 2.69 bits per heavy atom. The first-order chi connectivity index (χ1) is 7.34. The maximum Gasteiger partial charge on any atom is 0.307 e. The first kappa shape index (κ1) is 13.4. The lowest BCUT2D eigenvalue weighted by Crippen LogP contribution is -2.32. The molecule has 0 aromatic rings. The number of carbonyl (C=O) groups is 1. The molecule has 1 rings (SSSR count). The molecule has 0 aromatic carbocycles. The minimum absolute atomic E-state index is 0.00571. The van der Waals surface area contributed by atoms with E-state index in [0.717, 1.165) is 6.42 Å². The second-order valence-electron chi connectivity index (χ2n) is 4.10. The van der Waals surface area contributed by atoms with E-state index < -0.39 is 15.5 Å². The zero-order valence-electron chi connectivity index (χ0n) is 9.23. The van der Waals surface area contributed by atoms with E-state index in [1.807, 2.05) is 6.92 Å². The zero-order valence-corrected chi connectivity index (χ0v) is 10.0. The van der Waals surface area contributed by atoms with Crippen molar-refractivity contribution in [1.29, 1.82) is 0 Å². The van der Waals surface area contributed by atoms with Crippen LogP contribution in [0.1, 0.15) is 26.2 Å². The molecule has 0 aliphatic carbocycles. The molecule has 0 bridgehead atoms. The Morgan fingerprint density at radius 1 is 1.62 bits per heavy atom. The fraction of sp³-hybridized carbons (Fsp3) is 0.889. The first-order valence-electron chi connectivity index (χ1n) is 5.31. The van der Waals surface area contributed by atoms with Crippen molar-refractivity contribution in [2.45, 2.75) is 37.5 Å². The normalized spacial score (nSPS) is 23.8. The second kappa shape index (κ2) is 5.09. The van der Waals surface area contributed by atoms with Gasteiger partial charge in [0.2, 0.25) is 5.91 Å². The van der Waals surface area contributed by atoms with Crippen LogP contribution >= 0.6 is 0 Å². The number of carbonyl (C=O) groups excluding carboxylic acids is 1. The number of nitrogens with zero attached hydrogens (tertiary/aromatic N) is 1. The van der Waals surface area contributed by atoms with Gasteiger partial charge >= 0.3 is 10.2 Å². The summed E-state index contributed by atoms with van der Waals surface area (Å²) in [5, 5.41) is -1.20. The molecule has 1 fully saturated rings. The van der Waals surface area contributed by atoms with Crippen molar-refractivity contribution in [1.82, 2.24) is 4.90 Å². The molecule has 94 valence electrons. The largest absolute Gasteiger partial charge is 0.341 e. The van der Waals surface area contributed by atoms with Gasteiger partial charge in [0.1, 0.15) is 5.25 Å². The summed E-state index contributed by atoms with van der Waals surface area (Å²) in [6.07, 6.45) is 1.16. The van der Waals surface area contributed by atoms with Crippen molar-refractivity contribution in [3.05, 3.63) is 0 Å². The van der Waals surface area contributed by atoms with Crippen LogP contribution in [0.4, 0.5) is 3.89 Å². The van der Waals surface area contributed by atoms with E-state index in [9.17, 15) is 17.1 Å². The quantitative estimate of drug-likeness (QED) is 0.699. The van der Waals surface area contributed by atoms with Gasteiger partial charge in [0.25, 0.3) is 0 Å². The predicted octanol–water partition coefficient (Wildman–Crippen LogP) is 0.0140. The average molecular weight is 252 g/mol.